The van der Waals surface area contributed by atoms with E-state index >= 15 is 0 Å². The van der Waals surface area contributed by atoms with Crippen molar-refractivity contribution in [2.45, 2.75) is 51.5 Å². The fourth-order valence-corrected chi connectivity index (χ4v) is 2.36. The first-order chi connectivity index (χ1) is 9.41. The molecule has 6 heteroatoms. The van der Waals surface area contributed by atoms with Gasteiger partial charge in [-0.15, -0.1) is 0 Å². The molecular weight excluding hydrogens is 255 g/mol. The Morgan fingerprint density at radius 2 is 1.95 bits per heavy atom. The smallest absolute Gasteiger partial charge is 0.398 e. The van der Waals surface area contributed by atoms with Crippen LogP contribution < -0.4 is 5.59 Å². The summed E-state index contributed by atoms with van der Waals surface area (Å²) in [5.74, 6) is 0. The predicted molar refractivity (Wildman–Crippen MR) is 76.7 cm³/mol. The van der Waals surface area contributed by atoms with Gasteiger partial charge < -0.3 is 14.0 Å². The summed E-state index contributed by atoms with van der Waals surface area (Å²) in [5, 5.41) is 4.36. The zero-order valence-electron chi connectivity index (χ0n) is 12.5. The van der Waals surface area contributed by atoms with Crippen LogP contribution in [0.25, 0.3) is 0 Å². The van der Waals surface area contributed by atoms with Crippen LogP contribution in [0, 0.1) is 0 Å². The Morgan fingerprint density at radius 3 is 2.55 bits per heavy atom. The molecular formula is C14H21BN2O3. The molecule has 0 amide bonds. The van der Waals surface area contributed by atoms with Gasteiger partial charge in [0, 0.05) is 6.20 Å². The van der Waals surface area contributed by atoms with Crippen LogP contribution in [0.2, 0.25) is 0 Å². The second-order valence-electron chi connectivity index (χ2n) is 6.27. The van der Waals surface area contributed by atoms with Gasteiger partial charge in [0.1, 0.15) is 0 Å². The molecule has 5 nitrogen and oxygen atoms in total. The van der Waals surface area contributed by atoms with E-state index in [2.05, 4.69) is 11.2 Å². The van der Waals surface area contributed by atoms with Crippen molar-refractivity contribution in [3.8, 4) is 0 Å². The Balaban J connectivity index is 1.88. The fraction of sp³-hybridized carbons (Fsp3) is 0.643. The monoisotopic (exact) mass is 276 g/mol. The van der Waals surface area contributed by atoms with Crippen molar-refractivity contribution in [1.82, 2.24) is 9.78 Å². The van der Waals surface area contributed by atoms with Crippen molar-refractivity contribution in [2.24, 2.45) is 0 Å². The summed E-state index contributed by atoms with van der Waals surface area (Å²) in [6.45, 7) is 8.90. The van der Waals surface area contributed by atoms with Crippen molar-refractivity contribution >= 4 is 12.7 Å². The molecule has 1 aromatic rings. The molecule has 1 unspecified atom stereocenters. The molecule has 0 saturated carbocycles. The molecule has 0 aliphatic carbocycles. The maximum absolute atomic E-state index is 6.08. The van der Waals surface area contributed by atoms with Crippen LogP contribution in [0.3, 0.4) is 0 Å². The molecule has 0 bridgehead atoms. The lowest BCUT2D eigenvalue weighted by Gasteiger charge is -2.32. The lowest BCUT2D eigenvalue weighted by molar-refractivity contribution is 0.00578. The van der Waals surface area contributed by atoms with E-state index in [9.17, 15) is 0 Å². The molecule has 0 spiro atoms. The van der Waals surface area contributed by atoms with Crippen molar-refractivity contribution < 1.29 is 14.0 Å². The van der Waals surface area contributed by atoms with E-state index in [0.29, 0.717) is 6.61 Å². The van der Waals surface area contributed by atoms with Crippen molar-refractivity contribution in [3.05, 3.63) is 24.4 Å². The van der Waals surface area contributed by atoms with Gasteiger partial charge in [-0.2, -0.15) is 5.10 Å². The number of hydrogen-bond acceptors (Lipinski definition) is 4. The average Bonchev–Trinajstić information content (AvgIpc) is 2.94. The molecule has 3 heterocycles. The lowest BCUT2D eigenvalue weighted by atomic mass is 9.84. The molecule has 1 atom stereocenters. The number of ether oxygens (including phenoxy) is 1. The van der Waals surface area contributed by atoms with Crippen molar-refractivity contribution in [1.29, 1.82) is 0 Å². The maximum atomic E-state index is 6.08. The molecule has 0 N–H and O–H groups in total. The van der Waals surface area contributed by atoms with E-state index in [1.807, 2.05) is 44.5 Å². The maximum Gasteiger partial charge on any atom is 0.514 e. The highest BCUT2D eigenvalue weighted by Crippen LogP contribution is 2.36. The SMILES string of the molecule is CC1(C)OB(c2ccnn2C2C=CCCO2)OC1(C)C. The van der Waals surface area contributed by atoms with Gasteiger partial charge in [0.25, 0.3) is 0 Å². The van der Waals surface area contributed by atoms with Crippen LogP contribution in [0.1, 0.15) is 40.3 Å². The van der Waals surface area contributed by atoms with Crippen molar-refractivity contribution in [2.75, 3.05) is 6.61 Å². The van der Waals surface area contributed by atoms with Gasteiger partial charge >= 0.3 is 7.12 Å². The van der Waals surface area contributed by atoms with Crippen LogP contribution in [-0.2, 0) is 14.0 Å². The zero-order valence-corrected chi connectivity index (χ0v) is 12.5. The Morgan fingerprint density at radius 1 is 1.25 bits per heavy atom. The van der Waals surface area contributed by atoms with Gasteiger partial charge in [0.15, 0.2) is 6.23 Å². The first-order valence-corrected chi connectivity index (χ1v) is 7.08. The summed E-state index contributed by atoms with van der Waals surface area (Å²) in [6.07, 6.45) is 6.66. The molecule has 20 heavy (non-hydrogen) atoms. The molecule has 2 aliphatic heterocycles. The minimum atomic E-state index is -0.415. The fourth-order valence-electron chi connectivity index (χ4n) is 2.36. The van der Waals surface area contributed by atoms with E-state index in [-0.39, 0.29) is 17.4 Å². The molecule has 1 saturated heterocycles. The van der Waals surface area contributed by atoms with E-state index < -0.39 is 7.12 Å². The van der Waals surface area contributed by atoms with E-state index in [1.165, 1.54) is 0 Å². The average molecular weight is 276 g/mol. The van der Waals surface area contributed by atoms with E-state index in [1.54, 1.807) is 6.20 Å². The highest BCUT2D eigenvalue weighted by atomic mass is 16.7. The first kappa shape index (κ1) is 13.9. The minimum Gasteiger partial charge on any atom is -0.398 e. The zero-order chi connectivity index (χ0) is 14.4. The predicted octanol–water partition coefficient (Wildman–Crippen LogP) is 1.66. The van der Waals surface area contributed by atoms with Crippen LogP contribution in [-0.4, -0.2) is 34.7 Å². The standard InChI is InChI=1S/C14H21BN2O3/c1-13(2)14(3,4)20-15(19-13)11-8-9-16-17(11)12-7-5-6-10-18-12/h5,7-9,12H,6,10H2,1-4H3. The van der Waals surface area contributed by atoms with E-state index in [0.717, 1.165) is 12.0 Å². The molecule has 2 aliphatic rings. The number of hydrogen-bond donors (Lipinski definition) is 0. The van der Waals surface area contributed by atoms with Gasteiger partial charge in [-0.3, -0.25) is 0 Å². The first-order valence-electron chi connectivity index (χ1n) is 7.08. The number of nitrogens with zero attached hydrogens (tertiary/aromatic N) is 2. The second-order valence-corrected chi connectivity index (χ2v) is 6.27. The molecule has 0 aromatic carbocycles. The highest BCUT2D eigenvalue weighted by molar-refractivity contribution is 6.61. The minimum absolute atomic E-state index is 0.173. The molecule has 1 aromatic heterocycles. The second kappa shape index (κ2) is 4.72. The van der Waals surface area contributed by atoms with Crippen LogP contribution in [0.5, 0.6) is 0 Å². The van der Waals surface area contributed by atoms with E-state index in [4.69, 9.17) is 14.0 Å². The van der Waals surface area contributed by atoms with Gasteiger partial charge in [0.2, 0.25) is 0 Å². The Labute approximate surface area is 120 Å². The van der Waals surface area contributed by atoms with Crippen molar-refractivity contribution in [3.63, 3.8) is 0 Å². The molecule has 108 valence electrons. The molecule has 3 rings (SSSR count). The van der Waals surface area contributed by atoms with Crippen LogP contribution in [0.15, 0.2) is 24.4 Å². The summed E-state index contributed by atoms with van der Waals surface area (Å²) in [7, 11) is -0.415. The van der Waals surface area contributed by atoms with Crippen LogP contribution in [0.4, 0.5) is 0 Å². The molecule has 0 radical (unpaired) electrons. The Hall–Kier alpha value is -1.11. The highest BCUT2D eigenvalue weighted by Gasteiger charge is 2.53. The van der Waals surface area contributed by atoms with Gasteiger partial charge in [-0.25, -0.2) is 4.68 Å². The normalized spacial score (nSPS) is 28.0. The Bertz CT molecular complexity index is 508. The third kappa shape index (κ3) is 2.22. The van der Waals surface area contributed by atoms with Gasteiger partial charge in [-0.05, 0) is 46.3 Å². The largest absolute Gasteiger partial charge is 0.514 e. The third-order valence-corrected chi connectivity index (χ3v) is 4.31. The molecule has 1 fully saturated rings. The topological polar surface area (TPSA) is 45.5 Å². The Kier molecular flexibility index (Phi) is 3.27. The third-order valence-electron chi connectivity index (χ3n) is 4.31. The summed E-state index contributed by atoms with van der Waals surface area (Å²) in [4.78, 5) is 0. The quantitative estimate of drug-likeness (QED) is 0.608. The number of aromatic nitrogens is 2. The van der Waals surface area contributed by atoms with Crippen LogP contribution >= 0.6 is 0 Å². The lowest BCUT2D eigenvalue weighted by Crippen LogP contribution is -2.41. The summed E-state index contributed by atoms with van der Waals surface area (Å²) in [6, 6.07) is 1.92. The summed E-state index contributed by atoms with van der Waals surface area (Å²) >= 11 is 0. The van der Waals surface area contributed by atoms with Gasteiger partial charge in [0.05, 0.1) is 23.4 Å². The summed E-state index contributed by atoms with van der Waals surface area (Å²) in [5.41, 5.74) is 0.187. The van der Waals surface area contributed by atoms with Gasteiger partial charge in [-0.1, -0.05) is 6.08 Å². The summed E-state index contributed by atoms with van der Waals surface area (Å²) < 4.78 is 19.7. The number of rotatable bonds is 2.